The van der Waals surface area contributed by atoms with Gasteiger partial charge in [-0.25, -0.2) is 9.37 Å². The lowest BCUT2D eigenvalue weighted by Gasteiger charge is -2.11. The summed E-state index contributed by atoms with van der Waals surface area (Å²) >= 11 is 6.43. The van der Waals surface area contributed by atoms with Crippen LogP contribution >= 0.6 is 11.6 Å². The minimum atomic E-state index is -0.231. The van der Waals surface area contributed by atoms with Crippen molar-refractivity contribution in [1.29, 1.82) is 0 Å². The van der Waals surface area contributed by atoms with Gasteiger partial charge in [-0.2, -0.15) is 0 Å². The number of benzene rings is 3. The average molecular weight is 418 g/mol. The molecule has 0 saturated heterocycles. The lowest BCUT2D eigenvalue weighted by Crippen LogP contribution is -2.03. The first-order valence-electron chi connectivity index (χ1n) is 9.49. The molecule has 7 heteroatoms. The average Bonchev–Trinajstić information content (AvgIpc) is 3.20. The Hall–Kier alpha value is -3.51. The van der Waals surface area contributed by atoms with Gasteiger partial charge in [0.25, 0.3) is 0 Å². The zero-order valence-corrected chi connectivity index (χ0v) is 16.9. The van der Waals surface area contributed by atoms with Crippen LogP contribution in [0.1, 0.15) is 11.3 Å². The molecule has 0 aliphatic heterocycles. The molecule has 148 valence electrons. The van der Waals surface area contributed by atoms with Crippen molar-refractivity contribution in [3.63, 3.8) is 0 Å². The topological polar surface area (TPSA) is 55.1 Å². The van der Waals surface area contributed by atoms with Gasteiger partial charge in [0.05, 0.1) is 21.7 Å². The second kappa shape index (κ2) is 7.39. The van der Waals surface area contributed by atoms with Crippen LogP contribution in [-0.4, -0.2) is 19.6 Å². The van der Waals surface area contributed by atoms with Crippen LogP contribution in [0.15, 0.2) is 66.7 Å². The molecule has 0 saturated carbocycles. The van der Waals surface area contributed by atoms with Crippen molar-refractivity contribution in [2.24, 2.45) is 0 Å². The largest absolute Gasteiger partial charge is 0.381 e. The molecule has 5 rings (SSSR count). The fraction of sp³-hybridized carbons (Fsp3) is 0.0870. The van der Waals surface area contributed by atoms with E-state index in [2.05, 4.69) is 20.5 Å². The van der Waals surface area contributed by atoms with Gasteiger partial charge in [-0.3, -0.25) is 4.40 Å². The molecule has 30 heavy (non-hydrogen) atoms. The van der Waals surface area contributed by atoms with Crippen molar-refractivity contribution >= 4 is 34.0 Å². The fourth-order valence-electron chi connectivity index (χ4n) is 3.54. The van der Waals surface area contributed by atoms with Gasteiger partial charge in [-0.1, -0.05) is 41.9 Å². The molecule has 0 amide bonds. The number of aryl methyl sites for hydroxylation is 1. The van der Waals surface area contributed by atoms with E-state index in [4.69, 9.17) is 11.6 Å². The zero-order valence-electron chi connectivity index (χ0n) is 16.1. The normalized spacial score (nSPS) is 11.3. The lowest BCUT2D eigenvalue weighted by atomic mass is 10.2. The van der Waals surface area contributed by atoms with Crippen molar-refractivity contribution in [2.45, 2.75) is 13.5 Å². The Balaban J connectivity index is 1.64. The number of hydrogen-bond donors (Lipinski definition) is 1. The first-order chi connectivity index (χ1) is 14.6. The van der Waals surface area contributed by atoms with Crippen LogP contribution in [0, 0.1) is 12.7 Å². The third kappa shape index (κ3) is 3.15. The first-order valence-corrected chi connectivity index (χ1v) is 9.87. The first kappa shape index (κ1) is 18.5. The van der Waals surface area contributed by atoms with Gasteiger partial charge in [-0.15, -0.1) is 10.2 Å². The van der Waals surface area contributed by atoms with Crippen LogP contribution in [0.25, 0.3) is 28.1 Å². The predicted molar refractivity (Wildman–Crippen MR) is 117 cm³/mol. The predicted octanol–water partition coefficient (Wildman–Crippen LogP) is 5.66. The number of fused-ring (bicyclic) bond motifs is 3. The van der Waals surface area contributed by atoms with E-state index in [1.54, 1.807) is 12.1 Å². The van der Waals surface area contributed by atoms with Crippen LogP contribution in [0.3, 0.4) is 0 Å². The summed E-state index contributed by atoms with van der Waals surface area (Å²) in [4.78, 5) is 4.66. The number of nitrogens with one attached hydrogen (secondary N) is 1. The van der Waals surface area contributed by atoms with Crippen LogP contribution in [0.4, 0.5) is 10.1 Å². The molecule has 0 aliphatic carbocycles. The maximum absolute atomic E-state index is 14.0. The Kier molecular flexibility index (Phi) is 4.56. The summed E-state index contributed by atoms with van der Waals surface area (Å²) < 4.78 is 15.9. The summed E-state index contributed by atoms with van der Waals surface area (Å²) in [5.74, 6) is 0.419. The summed E-state index contributed by atoms with van der Waals surface area (Å²) in [6.07, 6.45) is 0. The summed E-state index contributed by atoms with van der Waals surface area (Å²) in [6.45, 7) is 2.28. The van der Waals surface area contributed by atoms with Crippen LogP contribution < -0.4 is 5.32 Å². The molecule has 2 heterocycles. The molecule has 5 aromatic rings. The smallest absolute Gasteiger partial charge is 0.183 e. The molecule has 0 atom stereocenters. The number of aromatic nitrogens is 4. The second-order valence-electron chi connectivity index (χ2n) is 7.01. The standard InChI is InChI=1S/C23H17ClFN5/c1-14-22-28-29-23(17-7-3-4-8-18(17)24)30(22)21-12-16(10-11-20(21)27-14)26-13-15-6-2-5-9-19(15)25/h2-12,26H,13H2,1H3. The van der Waals surface area contributed by atoms with E-state index >= 15 is 0 Å². The molecule has 0 radical (unpaired) electrons. The quantitative estimate of drug-likeness (QED) is 0.410. The van der Waals surface area contributed by atoms with Crippen LogP contribution in [0.5, 0.6) is 0 Å². The van der Waals surface area contributed by atoms with E-state index in [1.165, 1.54) is 6.07 Å². The maximum atomic E-state index is 14.0. The van der Waals surface area contributed by atoms with Crippen molar-refractivity contribution in [1.82, 2.24) is 19.6 Å². The molecule has 5 nitrogen and oxygen atoms in total. The third-order valence-electron chi connectivity index (χ3n) is 5.05. The van der Waals surface area contributed by atoms with Crippen molar-refractivity contribution < 1.29 is 4.39 Å². The van der Waals surface area contributed by atoms with Crippen molar-refractivity contribution in [3.8, 4) is 11.4 Å². The molecule has 0 bridgehead atoms. The van der Waals surface area contributed by atoms with Gasteiger partial charge in [-0.05, 0) is 43.3 Å². The Labute approximate surface area is 177 Å². The Morgan fingerprint density at radius 2 is 1.80 bits per heavy atom. The molecular weight excluding hydrogens is 401 g/mol. The van der Waals surface area contributed by atoms with E-state index in [9.17, 15) is 4.39 Å². The molecule has 2 aromatic heterocycles. The highest BCUT2D eigenvalue weighted by atomic mass is 35.5. The SMILES string of the molecule is Cc1nc2ccc(NCc3ccccc3F)cc2n2c(-c3ccccc3Cl)nnc12. The van der Waals surface area contributed by atoms with Crippen LogP contribution in [-0.2, 0) is 6.54 Å². The Morgan fingerprint density at radius 3 is 2.63 bits per heavy atom. The molecular formula is C23H17ClFN5. The minimum absolute atomic E-state index is 0.231. The number of rotatable bonds is 4. The van der Waals surface area contributed by atoms with Gasteiger partial charge in [0.1, 0.15) is 5.82 Å². The van der Waals surface area contributed by atoms with Crippen molar-refractivity contribution in [3.05, 3.63) is 88.8 Å². The zero-order chi connectivity index (χ0) is 20.7. The van der Waals surface area contributed by atoms with Gasteiger partial charge in [0, 0.05) is 23.4 Å². The van der Waals surface area contributed by atoms with Gasteiger partial charge >= 0.3 is 0 Å². The molecule has 3 aromatic carbocycles. The van der Waals surface area contributed by atoms with E-state index < -0.39 is 0 Å². The molecule has 0 spiro atoms. The molecule has 0 unspecified atom stereocenters. The molecule has 0 fully saturated rings. The number of anilines is 1. The molecule has 1 N–H and O–H groups in total. The summed E-state index contributed by atoms with van der Waals surface area (Å²) in [7, 11) is 0. The Morgan fingerprint density at radius 1 is 1.00 bits per heavy atom. The van der Waals surface area contributed by atoms with Gasteiger partial charge in [0.15, 0.2) is 11.5 Å². The van der Waals surface area contributed by atoms with Crippen LogP contribution in [0.2, 0.25) is 5.02 Å². The number of nitrogens with zero attached hydrogens (tertiary/aromatic N) is 4. The number of hydrogen-bond acceptors (Lipinski definition) is 4. The highest BCUT2D eigenvalue weighted by Gasteiger charge is 2.16. The maximum Gasteiger partial charge on any atom is 0.183 e. The fourth-order valence-corrected chi connectivity index (χ4v) is 3.76. The summed E-state index contributed by atoms with van der Waals surface area (Å²) in [6, 6.07) is 20.1. The van der Waals surface area contributed by atoms with Gasteiger partial charge in [0.2, 0.25) is 0 Å². The van der Waals surface area contributed by atoms with E-state index in [-0.39, 0.29) is 5.82 Å². The molecule has 0 aliphatic rings. The monoisotopic (exact) mass is 417 g/mol. The van der Waals surface area contributed by atoms with Crippen molar-refractivity contribution in [2.75, 3.05) is 5.32 Å². The van der Waals surface area contributed by atoms with E-state index in [1.807, 2.05) is 59.9 Å². The van der Waals surface area contributed by atoms with E-state index in [0.717, 1.165) is 28.0 Å². The summed E-state index contributed by atoms with van der Waals surface area (Å²) in [5, 5.41) is 12.6. The second-order valence-corrected chi connectivity index (χ2v) is 7.42. The summed E-state index contributed by atoms with van der Waals surface area (Å²) in [5.41, 5.74) is 5.34. The lowest BCUT2D eigenvalue weighted by molar-refractivity contribution is 0.613. The third-order valence-corrected chi connectivity index (χ3v) is 5.38. The minimum Gasteiger partial charge on any atom is -0.381 e. The Bertz CT molecular complexity index is 1400. The highest BCUT2D eigenvalue weighted by Crippen LogP contribution is 2.30. The van der Waals surface area contributed by atoms with E-state index in [0.29, 0.717) is 28.6 Å². The highest BCUT2D eigenvalue weighted by molar-refractivity contribution is 6.33. The van der Waals surface area contributed by atoms with Gasteiger partial charge < -0.3 is 5.32 Å². The number of halogens is 2.